The molecule has 182 valence electrons. The highest BCUT2D eigenvalue weighted by Crippen LogP contribution is 2.25. The van der Waals surface area contributed by atoms with Crippen molar-refractivity contribution in [2.24, 2.45) is 0 Å². The van der Waals surface area contributed by atoms with Gasteiger partial charge in [-0.05, 0) is 48.7 Å². The summed E-state index contributed by atoms with van der Waals surface area (Å²) in [6.07, 6.45) is 1.73. The van der Waals surface area contributed by atoms with E-state index in [1.807, 2.05) is 73.7 Å². The van der Waals surface area contributed by atoms with Gasteiger partial charge in [-0.3, -0.25) is 14.6 Å². The van der Waals surface area contributed by atoms with Gasteiger partial charge in [0.05, 0.1) is 24.0 Å². The molecule has 6 heteroatoms. The summed E-state index contributed by atoms with van der Waals surface area (Å²) in [4.78, 5) is 31.4. The fourth-order valence-electron chi connectivity index (χ4n) is 4.19. The van der Waals surface area contributed by atoms with Gasteiger partial charge in [-0.1, -0.05) is 78.9 Å². The van der Waals surface area contributed by atoms with Crippen LogP contribution < -0.4 is 10.6 Å². The summed E-state index contributed by atoms with van der Waals surface area (Å²) in [6, 6.07) is 30.6. The molecule has 1 aromatic heterocycles. The van der Waals surface area contributed by atoms with Crippen molar-refractivity contribution >= 4 is 11.8 Å². The molecule has 0 aliphatic carbocycles. The molecule has 3 unspecified atom stereocenters. The Hall–Kier alpha value is -4.45. The summed E-state index contributed by atoms with van der Waals surface area (Å²) in [7, 11) is 0. The molecule has 36 heavy (non-hydrogen) atoms. The van der Waals surface area contributed by atoms with Crippen LogP contribution in [-0.2, 0) is 11.2 Å². The van der Waals surface area contributed by atoms with Crippen LogP contribution in [0.5, 0.6) is 5.75 Å². The monoisotopic (exact) mass is 479 g/mol. The molecule has 0 radical (unpaired) electrons. The summed E-state index contributed by atoms with van der Waals surface area (Å²) >= 11 is 0. The molecule has 3 N–H and O–H groups in total. The second-order valence-electron chi connectivity index (χ2n) is 8.70. The minimum absolute atomic E-state index is 0.00323. The van der Waals surface area contributed by atoms with Gasteiger partial charge in [-0.2, -0.15) is 0 Å². The van der Waals surface area contributed by atoms with Gasteiger partial charge >= 0.3 is 0 Å². The number of carbonyl (C=O) groups is 2. The van der Waals surface area contributed by atoms with Gasteiger partial charge in [-0.15, -0.1) is 0 Å². The Morgan fingerprint density at radius 1 is 0.806 bits per heavy atom. The first kappa shape index (κ1) is 24.7. The van der Waals surface area contributed by atoms with Crippen LogP contribution in [0.1, 0.15) is 46.1 Å². The van der Waals surface area contributed by atoms with Crippen molar-refractivity contribution in [1.82, 2.24) is 15.6 Å². The van der Waals surface area contributed by atoms with Crippen molar-refractivity contribution in [2.75, 3.05) is 0 Å². The molecule has 0 aliphatic rings. The topological polar surface area (TPSA) is 91.3 Å². The number of amides is 2. The number of hydrogen-bond acceptors (Lipinski definition) is 4. The SMILES string of the molecule is CC(NC(=O)C(c1ccc(O)cn1)C(Cc1ccccc1)NC(=O)c1ccccc1)c1ccccc1. The second kappa shape index (κ2) is 11.8. The number of rotatable bonds is 9. The maximum absolute atomic E-state index is 13.8. The maximum atomic E-state index is 13.8. The predicted octanol–water partition coefficient (Wildman–Crippen LogP) is 4.79. The number of aromatic nitrogens is 1. The number of nitrogens with zero attached hydrogens (tertiary/aromatic N) is 1. The summed E-state index contributed by atoms with van der Waals surface area (Å²) in [5.74, 6) is -1.34. The highest BCUT2D eigenvalue weighted by molar-refractivity contribution is 5.95. The Morgan fingerprint density at radius 3 is 2.03 bits per heavy atom. The first-order valence-corrected chi connectivity index (χ1v) is 11.9. The molecule has 0 fully saturated rings. The van der Waals surface area contributed by atoms with Gasteiger partial charge in [0.25, 0.3) is 5.91 Å². The first-order chi connectivity index (χ1) is 17.5. The Kier molecular flexibility index (Phi) is 8.08. The first-order valence-electron chi connectivity index (χ1n) is 11.9. The van der Waals surface area contributed by atoms with E-state index in [9.17, 15) is 14.7 Å². The molecule has 0 saturated carbocycles. The van der Waals surface area contributed by atoms with Crippen LogP contribution in [-0.4, -0.2) is 27.9 Å². The molecule has 4 aromatic rings. The molecule has 0 spiro atoms. The van der Waals surface area contributed by atoms with E-state index in [1.165, 1.54) is 12.3 Å². The van der Waals surface area contributed by atoms with E-state index in [0.29, 0.717) is 17.7 Å². The summed E-state index contributed by atoms with van der Waals surface area (Å²) in [5.41, 5.74) is 2.91. The lowest BCUT2D eigenvalue weighted by atomic mass is 9.88. The van der Waals surface area contributed by atoms with E-state index in [2.05, 4.69) is 15.6 Å². The lowest BCUT2D eigenvalue weighted by molar-refractivity contribution is -0.123. The molecule has 4 rings (SSSR count). The summed E-state index contributed by atoms with van der Waals surface area (Å²) in [6.45, 7) is 1.92. The minimum Gasteiger partial charge on any atom is -0.506 e. The number of benzene rings is 3. The van der Waals surface area contributed by atoms with Crippen LogP contribution in [0.2, 0.25) is 0 Å². The number of aromatic hydroxyl groups is 1. The molecular formula is C30H29N3O3. The summed E-state index contributed by atoms with van der Waals surface area (Å²) in [5, 5.41) is 16.0. The van der Waals surface area contributed by atoms with Crippen molar-refractivity contribution in [3.8, 4) is 5.75 Å². The van der Waals surface area contributed by atoms with Crippen LogP contribution in [0.15, 0.2) is 109 Å². The van der Waals surface area contributed by atoms with Gasteiger partial charge in [0, 0.05) is 5.56 Å². The van der Waals surface area contributed by atoms with Crippen molar-refractivity contribution < 1.29 is 14.7 Å². The smallest absolute Gasteiger partial charge is 0.251 e. The van der Waals surface area contributed by atoms with E-state index in [0.717, 1.165) is 11.1 Å². The van der Waals surface area contributed by atoms with Crippen molar-refractivity contribution in [1.29, 1.82) is 0 Å². The van der Waals surface area contributed by atoms with E-state index in [4.69, 9.17) is 0 Å². The van der Waals surface area contributed by atoms with Gasteiger partial charge in [0.2, 0.25) is 5.91 Å². The molecule has 6 nitrogen and oxygen atoms in total. The molecule has 3 aromatic carbocycles. The van der Waals surface area contributed by atoms with Gasteiger partial charge < -0.3 is 15.7 Å². The maximum Gasteiger partial charge on any atom is 0.251 e. The van der Waals surface area contributed by atoms with Gasteiger partial charge in [-0.25, -0.2) is 0 Å². The number of nitrogens with one attached hydrogen (secondary N) is 2. The lowest BCUT2D eigenvalue weighted by Crippen LogP contribution is -2.47. The van der Waals surface area contributed by atoms with Crippen molar-refractivity contribution in [2.45, 2.75) is 31.3 Å². The molecule has 3 atom stereocenters. The molecular weight excluding hydrogens is 450 g/mol. The Labute approximate surface area is 211 Å². The van der Waals surface area contributed by atoms with Crippen LogP contribution >= 0.6 is 0 Å². The zero-order chi connectivity index (χ0) is 25.3. The van der Waals surface area contributed by atoms with Crippen molar-refractivity contribution in [3.05, 3.63) is 132 Å². The van der Waals surface area contributed by atoms with Crippen molar-refractivity contribution in [3.63, 3.8) is 0 Å². The fourth-order valence-corrected chi connectivity index (χ4v) is 4.19. The summed E-state index contributed by atoms with van der Waals surface area (Å²) < 4.78 is 0. The number of hydrogen-bond donors (Lipinski definition) is 3. The highest BCUT2D eigenvalue weighted by atomic mass is 16.3. The van der Waals surface area contributed by atoms with E-state index in [1.54, 1.807) is 30.3 Å². The molecule has 0 saturated heterocycles. The van der Waals surface area contributed by atoms with E-state index >= 15 is 0 Å². The average molecular weight is 480 g/mol. The predicted molar refractivity (Wildman–Crippen MR) is 139 cm³/mol. The second-order valence-corrected chi connectivity index (χ2v) is 8.70. The average Bonchev–Trinajstić information content (AvgIpc) is 2.91. The normalized spacial score (nSPS) is 13.2. The molecule has 0 bridgehead atoms. The zero-order valence-electron chi connectivity index (χ0n) is 20.0. The third-order valence-corrected chi connectivity index (χ3v) is 6.08. The van der Waals surface area contributed by atoms with Crippen LogP contribution in [0.4, 0.5) is 0 Å². The fraction of sp³-hybridized carbons (Fsp3) is 0.167. The highest BCUT2D eigenvalue weighted by Gasteiger charge is 2.33. The quantitative estimate of drug-likeness (QED) is 0.322. The standard InChI is InChI=1S/C30H29N3O3/c1-21(23-13-7-3-8-14-23)32-30(36)28(26-18-17-25(34)20-31-26)27(19-22-11-5-2-6-12-22)33-29(35)24-15-9-4-10-16-24/h2-18,20-21,27-28,34H,19H2,1H3,(H,32,36)(H,33,35). The van der Waals surface area contributed by atoms with Gasteiger partial charge in [0.1, 0.15) is 11.7 Å². The Balaban J connectivity index is 1.69. The molecule has 1 heterocycles. The zero-order valence-corrected chi connectivity index (χ0v) is 20.0. The Bertz CT molecular complexity index is 1260. The number of pyridine rings is 1. The van der Waals surface area contributed by atoms with Gasteiger partial charge in [0.15, 0.2) is 0 Å². The van der Waals surface area contributed by atoms with Crippen LogP contribution in [0.25, 0.3) is 0 Å². The molecule has 0 aliphatic heterocycles. The van der Waals surface area contributed by atoms with E-state index < -0.39 is 12.0 Å². The molecule has 2 amide bonds. The third kappa shape index (κ3) is 6.36. The largest absolute Gasteiger partial charge is 0.506 e. The van der Waals surface area contributed by atoms with Crippen LogP contribution in [0, 0.1) is 0 Å². The lowest BCUT2D eigenvalue weighted by Gasteiger charge is -2.29. The third-order valence-electron chi connectivity index (χ3n) is 6.08. The number of carbonyl (C=O) groups excluding carboxylic acids is 2. The minimum atomic E-state index is -0.801. The van der Waals surface area contributed by atoms with E-state index in [-0.39, 0.29) is 23.6 Å². The Morgan fingerprint density at radius 2 is 1.42 bits per heavy atom. The van der Waals surface area contributed by atoms with Crippen LogP contribution in [0.3, 0.4) is 0 Å².